The summed E-state index contributed by atoms with van der Waals surface area (Å²) < 4.78 is 0. The van der Waals surface area contributed by atoms with Crippen LogP contribution in [0, 0.1) is 5.92 Å². The molecular formula is C8H14N2O2. The fourth-order valence-electron chi connectivity index (χ4n) is 0.847. The van der Waals surface area contributed by atoms with Gasteiger partial charge in [0.25, 0.3) is 0 Å². The summed E-state index contributed by atoms with van der Waals surface area (Å²) in [4.78, 5) is 21.4. The van der Waals surface area contributed by atoms with Crippen LogP contribution in [0.4, 0.5) is 0 Å². The Morgan fingerprint density at radius 1 is 1.33 bits per heavy atom. The van der Waals surface area contributed by atoms with Crippen molar-refractivity contribution in [2.45, 2.75) is 19.8 Å². The standard InChI is InChI=1S/C8H14N2O2/c1-6(11)9-5-8(12)10-4-7-2-3-7/h7H,2-5H2,1H3,(H,9,11)(H,10,12). The van der Waals surface area contributed by atoms with E-state index in [1.807, 2.05) is 0 Å². The van der Waals surface area contributed by atoms with Gasteiger partial charge >= 0.3 is 0 Å². The van der Waals surface area contributed by atoms with Gasteiger partial charge in [0, 0.05) is 13.5 Å². The minimum absolute atomic E-state index is 0.0993. The minimum Gasteiger partial charge on any atom is -0.354 e. The van der Waals surface area contributed by atoms with E-state index < -0.39 is 0 Å². The Balaban J connectivity index is 1.98. The van der Waals surface area contributed by atoms with Crippen LogP contribution in [0.3, 0.4) is 0 Å². The Kier molecular flexibility index (Phi) is 3.08. The second-order valence-corrected chi connectivity index (χ2v) is 3.16. The summed E-state index contributed by atoms with van der Waals surface area (Å²) in [6.45, 7) is 2.26. The average molecular weight is 170 g/mol. The van der Waals surface area contributed by atoms with Crippen LogP contribution < -0.4 is 10.6 Å². The SMILES string of the molecule is CC(=O)NCC(=O)NCC1CC1. The fourth-order valence-corrected chi connectivity index (χ4v) is 0.847. The van der Waals surface area contributed by atoms with Gasteiger partial charge in [-0.05, 0) is 18.8 Å². The summed E-state index contributed by atoms with van der Waals surface area (Å²) in [6.07, 6.45) is 2.45. The highest BCUT2D eigenvalue weighted by Gasteiger charge is 2.21. The maximum absolute atomic E-state index is 11.0. The molecule has 12 heavy (non-hydrogen) atoms. The van der Waals surface area contributed by atoms with Crippen molar-refractivity contribution in [2.24, 2.45) is 5.92 Å². The normalized spacial score (nSPS) is 15.4. The van der Waals surface area contributed by atoms with Crippen LogP contribution >= 0.6 is 0 Å². The van der Waals surface area contributed by atoms with E-state index in [0.29, 0.717) is 5.92 Å². The highest BCUT2D eigenvalue weighted by Crippen LogP contribution is 2.27. The molecule has 0 bridgehead atoms. The molecule has 0 aromatic carbocycles. The third-order valence-electron chi connectivity index (χ3n) is 1.78. The lowest BCUT2D eigenvalue weighted by atomic mass is 10.4. The van der Waals surface area contributed by atoms with Crippen molar-refractivity contribution in [3.8, 4) is 0 Å². The monoisotopic (exact) mass is 170 g/mol. The number of carbonyl (C=O) groups excluding carboxylic acids is 2. The predicted octanol–water partition coefficient (Wildman–Crippen LogP) is -0.351. The van der Waals surface area contributed by atoms with Crippen LogP contribution in [0.2, 0.25) is 0 Å². The van der Waals surface area contributed by atoms with E-state index in [9.17, 15) is 9.59 Å². The third-order valence-corrected chi connectivity index (χ3v) is 1.78. The van der Waals surface area contributed by atoms with E-state index in [2.05, 4.69) is 10.6 Å². The third kappa shape index (κ3) is 3.95. The molecule has 0 radical (unpaired) electrons. The Labute approximate surface area is 71.7 Å². The van der Waals surface area contributed by atoms with E-state index in [0.717, 1.165) is 6.54 Å². The molecule has 1 aliphatic rings. The van der Waals surface area contributed by atoms with Gasteiger partial charge < -0.3 is 10.6 Å². The first-order chi connectivity index (χ1) is 5.68. The van der Waals surface area contributed by atoms with Crippen molar-refractivity contribution >= 4 is 11.8 Å². The Bertz CT molecular complexity index is 187. The quantitative estimate of drug-likeness (QED) is 0.606. The van der Waals surface area contributed by atoms with E-state index in [1.54, 1.807) is 0 Å². The van der Waals surface area contributed by atoms with Gasteiger partial charge in [-0.15, -0.1) is 0 Å². The Morgan fingerprint density at radius 3 is 2.50 bits per heavy atom. The first kappa shape index (κ1) is 9.03. The second-order valence-electron chi connectivity index (χ2n) is 3.16. The molecule has 1 aliphatic carbocycles. The lowest BCUT2D eigenvalue weighted by Crippen LogP contribution is -2.36. The van der Waals surface area contributed by atoms with Gasteiger partial charge in [0.1, 0.15) is 0 Å². The van der Waals surface area contributed by atoms with E-state index in [-0.39, 0.29) is 18.4 Å². The molecular weight excluding hydrogens is 156 g/mol. The number of hydrogen-bond donors (Lipinski definition) is 2. The van der Waals surface area contributed by atoms with Crippen molar-refractivity contribution in [3.63, 3.8) is 0 Å². The lowest BCUT2D eigenvalue weighted by molar-refractivity contribution is -0.125. The van der Waals surface area contributed by atoms with Crippen molar-refractivity contribution in [3.05, 3.63) is 0 Å². The van der Waals surface area contributed by atoms with E-state index in [1.165, 1.54) is 19.8 Å². The van der Waals surface area contributed by atoms with Crippen molar-refractivity contribution in [1.29, 1.82) is 0 Å². The zero-order valence-corrected chi connectivity index (χ0v) is 7.22. The zero-order chi connectivity index (χ0) is 8.97. The van der Waals surface area contributed by atoms with E-state index in [4.69, 9.17) is 0 Å². The molecule has 1 saturated carbocycles. The summed E-state index contributed by atoms with van der Waals surface area (Å²) in [5, 5.41) is 5.18. The minimum atomic E-state index is -0.170. The smallest absolute Gasteiger partial charge is 0.239 e. The number of hydrogen-bond acceptors (Lipinski definition) is 2. The molecule has 4 nitrogen and oxygen atoms in total. The number of rotatable bonds is 4. The van der Waals surface area contributed by atoms with Crippen LogP contribution in [0.5, 0.6) is 0 Å². The molecule has 0 heterocycles. The highest BCUT2D eigenvalue weighted by atomic mass is 16.2. The molecule has 2 N–H and O–H groups in total. The van der Waals surface area contributed by atoms with Crippen LogP contribution in [-0.4, -0.2) is 24.9 Å². The van der Waals surface area contributed by atoms with Crippen molar-refractivity contribution < 1.29 is 9.59 Å². The molecule has 4 heteroatoms. The Hall–Kier alpha value is -1.06. The lowest BCUT2D eigenvalue weighted by Gasteiger charge is -2.03. The Morgan fingerprint density at radius 2 is 2.00 bits per heavy atom. The second kappa shape index (κ2) is 4.09. The average Bonchev–Trinajstić information content (AvgIpc) is 2.80. The van der Waals surface area contributed by atoms with Crippen molar-refractivity contribution in [2.75, 3.05) is 13.1 Å². The highest BCUT2D eigenvalue weighted by molar-refractivity contribution is 5.83. The van der Waals surface area contributed by atoms with Gasteiger partial charge in [0.15, 0.2) is 0 Å². The number of carbonyl (C=O) groups is 2. The summed E-state index contributed by atoms with van der Waals surface area (Å²) in [5.41, 5.74) is 0. The molecule has 1 rings (SSSR count). The van der Waals surface area contributed by atoms with Gasteiger partial charge in [0.05, 0.1) is 6.54 Å². The topological polar surface area (TPSA) is 58.2 Å². The molecule has 0 atom stereocenters. The molecule has 0 spiro atoms. The molecule has 0 aliphatic heterocycles. The first-order valence-electron chi connectivity index (χ1n) is 4.19. The van der Waals surface area contributed by atoms with Gasteiger partial charge in [0.2, 0.25) is 11.8 Å². The molecule has 2 amide bonds. The largest absolute Gasteiger partial charge is 0.354 e. The summed E-state index contributed by atoms with van der Waals surface area (Å²) in [7, 11) is 0. The maximum atomic E-state index is 11.0. The van der Waals surface area contributed by atoms with Gasteiger partial charge in [-0.1, -0.05) is 0 Å². The predicted molar refractivity (Wildman–Crippen MR) is 44.4 cm³/mol. The van der Waals surface area contributed by atoms with Crippen LogP contribution in [0.15, 0.2) is 0 Å². The number of nitrogens with one attached hydrogen (secondary N) is 2. The van der Waals surface area contributed by atoms with Gasteiger partial charge in [-0.3, -0.25) is 9.59 Å². The maximum Gasteiger partial charge on any atom is 0.239 e. The number of amides is 2. The zero-order valence-electron chi connectivity index (χ0n) is 7.22. The molecule has 0 aromatic rings. The molecule has 0 aromatic heterocycles. The summed E-state index contributed by atoms with van der Waals surface area (Å²) in [5.74, 6) is 0.417. The molecule has 0 saturated heterocycles. The molecule has 0 unspecified atom stereocenters. The van der Waals surface area contributed by atoms with Gasteiger partial charge in [-0.2, -0.15) is 0 Å². The summed E-state index contributed by atoms with van der Waals surface area (Å²) >= 11 is 0. The fraction of sp³-hybridized carbons (Fsp3) is 0.750. The van der Waals surface area contributed by atoms with Gasteiger partial charge in [-0.25, -0.2) is 0 Å². The van der Waals surface area contributed by atoms with Crippen molar-refractivity contribution in [1.82, 2.24) is 10.6 Å². The van der Waals surface area contributed by atoms with Crippen LogP contribution in [0.25, 0.3) is 0 Å². The molecule has 1 fully saturated rings. The van der Waals surface area contributed by atoms with Crippen LogP contribution in [0.1, 0.15) is 19.8 Å². The summed E-state index contributed by atoms with van der Waals surface area (Å²) in [6, 6.07) is 0. The molecule has 68 valence electrons. The first-order valence-corrected chi connectivity index (χ1v) is 4.19. The van der Waals surface area contributed by atoms with Crippen LogP contribution in [-0.2, 0) is 9.59 Å². The van der Waals surface area contributed by atoms with E-state index >= 15 is 0 Å².